The summed E-state index contributed by atoms with van der Waals surface area (Å²) in [6.45, 7) is 1.94. The average molecular weight is 270 g/mol. The van der Waals surface area contributed by atoms with Gasteiger partial charge >= 0.3 is 0 Å². The van der Waals surface area contributed by atoms with E-state index in [1.807, 2.05) is 13.0 Å². The van der Waals surface area contributed by atoms with Crippen molar-refractivity contribution in [1.29, 1.82) is 0 Å². The van der Waals surface area contributed by atoms with E-state index in [0.29, 0.717) is 0 Å². The molecule has 3 nitrogen and oxygen atoms in total. The summed E-state index contributed by atoms with van der Waals surface area (Å²) in [5, 5.41) is 7.43. The molecule has 1 heterocycles. The number of nitrogens with zero attached hydrogens (tertiary/aromatic N) is 1. The van der Waals surface area contributed by atoms with E-state index in [1.165, 1.54) is 9.79 Å². The van der Waals surface area contributed by atoms with E-state index in [0.717, 1.165) is 22.6 Å². The van der Waals surface area contributed by atoms with E-state index in [4.69, 9.17) is 4.84 Å². The van der Waals surface area contributed by atoms with Crippen molar-refractivity contribution in [2.24, 2.45) is 5.16 Å². The van der Waals surface area contributed by atoms with Crippen LogP contribution in [0.2, 0.25) is 0 Å². The SMILES string of the molecule is CON=C(C)c1ccc2c(c1)Nc1ccccc1S2. The first-order valence-corrected chi connectivity index (χ1v) is 6.85. The minimum atomic E-state index is 0.871. The van der Waals surface area contributed by atoms with Gasteiger partial charge in [0.05, 0.1) is 17.1 Å². The molecule has 96 valence electrons. The Hall–Kier alpha value is -1.94. The highest BCUT2D eigenvalue weighted by atomic mass is 32.2. The van der Waals surface area contributed by atoms with Crippen molar-refractivity contribution >= 4 is 28.8 Å². The molecule has 0 fully saturated rings. The molecule has 2 aromatic rings. The summed E-state index contributed by atoms with van der Waals surface area (Å²) in [6, 6.07) is 14.6. The maximum absolute atomic E-state index is 4.82. The Morgan fingerprint density at radius 3 is 2.74 bits per heavy atom. The minimum absolute atomic E-state index is 0.871. The predicted molar refractivity (Wildman–Crippen MR) is 79.5 cm³/mol. The third kappa shape index (κ3) is 2.31. The third-order valence-electron chi connectivity index (χ3n) is 3.00. The highest BCUT2D eigenvalue weighted by Gasteiger charge is 2.15. The van der Waals surface area contributed by atoms with Gasteiger partial charge in [-0.2, -0.15) is 0 Å². The fourth-order valence-corrected chi connectivity index (χ4v) is 3.02. The Labute approximate surface area is 116 Å². The van der Waals surface area contributed by atoms with E-state index in [-0.39, 0.29) is 0 Å². The number of hydrogen-bond acceptors (Lipinski definition) is 4. The number of benzene rings is 2. The highest BCUT2D eigenvalue weighted by Crippen LogP contribution is 2.44. The van der Waals surface area contributed by atoms with E-state index in [2.05, 4.69) is 46.9 Å². The lowest BCUT2D eigenvalue weighted by Crippen LogP contribution is -2.02. The van der Waals surface area contributed by atoms with Gasteiger partial charge in [0.15, 0.2) is 0 Å². The Kier molecular flexibility index (Phi) is 3.17. The zero-order valence-electron chi connectivity index (χ0n) is 10.8. The van der Waals surface area contributed by atoms with Gasteiger partial charge in [-0.05, 0) is 31.2 Å². The fourth-order valence-electron chi connectivity index (χ4n) is 2.05. The van der Waals surface area contributed by atoms with Crippen LogP contribution in [-0.4, -0.2) is 12.8 Å². The Bertz CT molecular complexity index is 652. The second-order valence-corrected chi connectivity index (χ2v) is 5.38. The molecule has 0 aliphatic carbocycles. The standard InChI is InChI=1S/C15H14N2OS/c1-10(17-18-2)11-7-8-15-13(9-11)16-12-5-3-4-6-14(12)19-15/h3-9,16H,1-2H3. The summed E-state index contributed by atoms with van der Waals surface area (Å²) in [5.41, 5.74) is 4.20. The summed E-state index contributed by atoms with van der Waals surface area (Å²) >= 11 is 1.78. The monoisotopic (exact) mass is 270 g/mol. The third-order valence-corrected chi connectivity index (χ3v) is 4.15. The lowest BCUT2D eigenvalue weighted by molar-refractivity contribution is 0.213. The molecule has 0 atom stereocenters. The van der Waals surface area contributed by atoms with E-state index < -0.39 is 0 Å². The summed E-state index contributed by atoms with van der Waals surface area (Å²) in [4.78, 5) is 7.30. The van der Waals surface area contributed by atoms with Crippen LogP contribution in [0.1, 0.15) is 12.5 Å². The molecule has 0 amide bonds. The molecule has 0 unspecified atom stereocenters. The molecule has 3 rings (SSSR count). The van der Waals surface area contributed by atoms with Gasteiger partial charge in [-0.3, -0.25) is 0 Å². The van der Waals surface area contributed by atoms with Crippen LogP contribution in [0.25, 0.3) is 0 Å². The van der Waals surface area contributed by atoms with Crippen LogP contribution in [0.4, 0.5) is 11.4 Å². The molecule has 4 heteroatoms. The summed E-state index contributed by atoms with van der Waals surface area (Å²) < 4.78 is 0. The molecule has 0 aromatic heterocycles. The topological polar surface area (TPSA) is 33.6 Å². The fraction of sp³-hybridized carbons (Fsp3) is 0.133. The predicted octanol–water partition coefficient (Wildman–Crippen LogP) is 4.27. The van der Waals surface area contributed by atoms with Crippen LogP contribution in [0.3, 0.4) is 0 Å². The van der Waals surface area contributed by atoms with Crippen molar-refractivity contribution in [1.82, 2.24) is 0 Å². The molecule has 1 N–H and O–H groups in total. The van der Waals surface area contributed by atoms with Crippen LogP contribution in [0, 0.1) is 0 Å². The quantitative estimate of drug-likeness (QED) is 0.558. The lowest BCUT2D eigenvalue weighted by atomic mass is 10.1. The Morgan fingerprint density at radius 1 is 1.11 bits per heavy atom. The minimum Gasteiger partial charge on any atom is -0.399 e. The molecular weight excluding hydrogens is 256 g/mol. The molecule has 0 spiro atoms. The first-order chi connectivity index (χ1) is 9.28. The van der Waals surface area contributed by atoms with Gasteiger partial charge in [0.1, 0.15) is 7.11 Å². The summed E-state index contributed by atoms with van der Waals surface area (Å²) in [5.74, 6) is 0. The van der Waals surface area contributed by atoms with Crippen LogP contribution in [0.5, 0.6) is 0 Å². The Morgan fingerprint density at radius 2 is 1.89 bits per heavy atom. The molecule has 19 heavy (non-hydrogen) atoms. The zero-order valence-corrected chi connectivity index (χ0v) is 11.6. The average Bonchev–Trinajstić information content (AvgIpc) is 2.44. The van der Waals surface area contributed by atoms with Gasteiger partial charge in [-0.1, -0.05) is 35.1 Å². The van der Waals surface area contributed by atoms with Gasteiger partial charge in [0, 0.05) is 15.4 Å². The number of fused-ring (bicyclic) bond motifs is 2. The molecular formula is C15H14N2OS. The van der Waals surface area contributed by atoms with E-state index in [1.54, 1.807) is 18.9 Å². The largest absolute Gasteiger partial charge is 0.399 e. The first kappa shape index (κ1) is 12.1. The van der Waals surface area contributed by atoms with Crippen LogP contribution >= 0.6 is 11.8 Å². The maximum Gasteiger partial charge on any atom is 0.106 e. The van der Waals surface area contributed by atoms with E-state index in [9.17, 15) is 0 Å². The number of para-hydroxylation sites is 1. The molecule has 0 saturated carbocycles. The zero-order chi connectivity index (χ0) is 13.2. The van der Waals surface area contributed by atoms with Crippen LogP contribution in [0.15, 0.2) is 57.4 Å². The van der Waals surface area contributed by atoms with Crippen LogP contribution in [-0.2, 0) is 4.84 Å². The van der Waals surface area contributed by atoms with Gasteiger partial charge in [0.2, 0.25) is 0 Å². The molecule has 2 aromatic carbocycles. The first-order valence-electron chi connectivity index (χ1n) is 6.04. The van der Waals surface area contributed by atoms with Gasteiger partial charge < -0.3 is 10.2 Å². The van der Waals surface area contributed by atoms with Crippen molar-refractivity contribution in [2.75, 3.05) is 12.4 Å². The van der Waals surface area contributed by atoms with Gasteiger partial charge in [-0.15, -0.1) is 0 Å². The molecule has 0 radical (unpaired) electrons. The van der Waals surface area contributed by atoms with Crippen molar-refractivity contribution in [3.8, 4) is 0 Å². The smallest absolute Gasteiger partial charge is 0.106 e. The molecule has 1 aliphatic rings. The van der Waals surface area contributed by atoms with Gasteiger partial charge in [0.25, 0.3) is 0 Å². The number of oxime groups is 1. The summed E-state index contributed by atoms with van der Waals surface area (Å²) in [6.07, 6.45) is 0. The summed E-state index contributed by atoms with van der Waals surface area (Å²) in [7, 11) is 1.56. The van der Waals surface area contributed by atoms with Crippen molar-refractivity contribution in [2.45, 2.75) is 16.7 Å². The Balaban J connectivity index is 1.98. The normalized spacial score (nSPS) is 13.3. The lowest BCUT2D eigenvalue weighted by Gasteiger charge is -2.21. The van der Waals surface area contributed by atoms with Crippen molar-refractivity contribution < 1.29 is 4.84 Å². The van der Waals surface area contributed by atoms with Crippen LogP contribution < -0.4 is 5.32 Å². The number of rotatable bonds is 2. The van der Waals surface area contributed by atoms with Crippen molar-refractivity contribution in [3.05, 3.63) is 48.0 Å². The molecule has 0 saturated heterocycles. The number of anilines is 2. The van der Waals surface area contributed by atoms with E-state index >= 15 is 0 Å². The maximum atomic E-state index is 4.82. The highest BCUT2D eigenvalue weighted by molar-refractivity contribution is 7.99. The second kappa shape index (κ2) is 4.97. The number of nitrogens with one attached hydrogen (secondary N) is 1. The van der Waals surface area contributed by atoms with Gasteiger partial charge in [-0.25, -0.2) is 0 Å². The second-order valence-electron chi connectivity index (χ2n) is 4.29. The number of hydrogen-bond donors (Lipinski definition) is 1. The molecule has 1 aliphatic heterocycles. The molecule has 0 bridgehead atoms. The van der Waals surface area contributed by atoms with Crippen molar-refractivity contribution in [3.63, 3.8) is 0 Å².